The van der Waals surface area contributed by atoms with E-state index in [1.54, 1.807) is 6.20 Å². The Morgan fingerprint density at radius 3 is 2.85 bits per heavy atom. The fourth-order valence-corrected chi connectivity index (χ4v) is 3.53. The van der Waals surface area contributed by atoms with Crippen molar-refractivity contribution >= 4 is 22.6 Å². The summed E-state index contributed by atoms with van der Waals surface area (Å²) in [5.74, 6) is 1.30. The Kier molecular flexibility index (Phi) is 3.83. The number of benzene rings is 1. The van der Waals surface area contributed by atoms with Gasteiger partial charge in [0.2, 0.25) is 5.88 Å². The number of anilines is 1. The van der Waals surface area contributed by atoms with E-state index in [0.717, 1.165) is 17.2 Å². The summed E-state index contributed by atoms with van der Waals surface area (Å²) < 4.78 is 5.45. The zero-order valence-electron chi connectivity index (χ0n) is 11.6. The molecule has 1 aromatic heterocycles. The Morgan fingerprint density at radius 2 is 2.20 bits per heavy atom. The lowest BCUT2D eigenvalue weighted by Gasteiger charge is -2.26. The maximum atomic E-state index is 5.45. The predicted octanol–water partition coefficient (Wildman–Crippen LogP) is 4.40. The number of hydrogen-bond donors (Lipinski definition) is 0. The molecule has 0 aliphatic carbocycles. The standard InChI is InChI=1S/C16H17N2OS/c1-3-12(2)16-18(15-9-17-11-19-15)10-14(20-16)13-7-5-4-6-8-13/h4-9,11-12,16H,3H2,1-2H3. The van der Waals surface area contributed by atoms with Gasteiger partial charge in [-0.1, -0.05) is 62.4 Å². The molecular formula is C16H17N2OS. The lowest BCUT2D eigenvalue weighted by molar-refractivity contribution is 0.494. The number of oxazole rings is 1. The van der Waals surface area contributed by atoms with Gasteiger partial charge in [0.1, 0.15) is 0 Å². The van der Waals surface area contributed by atoms with Gasteiger partial charge in [0, 0.05) is 4.91 Å². The average Bonchev–Trinajstić information content (AvgIpc) is 3.16. The van der Waals surface area contributed by atoms with Gasteiger partial charge in [0.05, 0.1) is 17.8 Å². The summed E-state index contributed by atoms with van der Waals surface area (Å²) >= 11 is 1.85. The monoisotopic (exact) mass is 285 g/mol. The van der Waals surface area contributed by atoms with Gasteiger partial charge in [-0.25, -0.2) is 4.98 Å². The molecule has 103 valence electrons. The molecule has 1 radical (unpaired) electrons. The van der Waals surface area contributed by atoms with Crippen LogP contribution >= 0.6 is 11.8 Å². The second kappa shape index (κ2) is 5.75. The molecule has 2 heterocycles. The van der Waals surface area contributed by atoms with E-state index in [0.29, 0.717) is 11.3 Å². The summed E-state index contributed by atoms with van der Waals surface area (Å²) in [7, 11) is 0. The van der Waals surface area contributed by atoms with Gasteiger partial charge in [-0.15, -0.1) is 0 Å². The molecule has 0 saturated heterocycles. The zero-order chi connectivity index (χ0) is 13.9. The van der Waals surface area contributed by atoms with E-state index in [-0.39, 0.29) is 0 Å². The maximum Gasteiger partial charge on any atom is 0.221 e. The van der Waals surface area contributed by atoms with Crippen molar-refractivity contribution in [3.63, 3.8) is 0 Å². The molecule has 2 unspecified atom stereocenters. The summed E-state index contributed by atoms with van der Waals surface area (Å²) in [5, 5.41) is 0.308. The molecule has 3 rings (SSSR count). The third kappa shape index (κ3) is 2.48. The van der Waals surface area contributed by atoms with Gasteiger partial charge in [0.15, 0.2) is 6.39 Å². The summed E-state index contributed by atoms with van der Waals surface area (Å²) in [5.41, 5.74) is 1.20. The minimum atomic E-state index is 0.308. The first-order valence-electron chi connectivity index (χ1n) is 6.83. The number of nitrogens with zero attached hydrogens (tertiary/aromatic N) is 2. The molecule has 0 spiro atoms. The highest BCUT2D eigenvalue weighted by atomic mass is 32.2. The van der Waals surface area contributed by atoms with Crippen LogP contribution in [-0.4, -0.2) is 10.4 Å². The summed E-state index contributed by atoms with van der Waals surface area (Å²) in [6, 6.07) is 10.4. The predicted molar refractivity (Wildman–Crippen MR) is 82.9 cm³/mol. The van der Waals surface area contributed by atoms with Crippen LogP contribution in [0.1, 0.15) is 25.8 Å². The lowest BCUT2D eigenvalue weighted by atomic mass is 10.1. The number of thioether (sulfide) groups is 1. The molecule has 1 aromatic carbocycles. The number of rotatable bonds is 4. The second-order valence-electron chi connectivity index (χ2n) is 4.91. The van der Waals surface area contributed by atoms with E-state index in [1.165, 1.54) is 12.0 Å². The molecule has 1 aliphatic heterocycles. The van der Waals surface area contributed by atoms with Crippen LogP contribution in [0.5, 0.6) is 0 Å². The van der Waals surface area contributed by atoms with Crippen molar-refractivity contribution in [1.82, 2.24) is 4.98 Å². The SMILES string of the molecule is CCC(C)C1SC(c2ccccc2)=[C]N1c1cnco1. The molecule has 2 aromatic rings. The van der Waals surface area contributed by atoms with Crippen molar-refractivity contribution in [2.24, 2.45) is 5.92 Å². The van der Waals surface area contributed by atoms with Crippen molar-refractivity contribution < 1.29 is 4.42 Å². The van der Waals surface area contributed by atoms with Crippen LogP contribution in [0.4, 0.5) is 5.88 Å². The molecule has 4 heteroatoms. The first-order chi connectivity index (χ1) is 9.79. The second-order valence-corrected chi connectivity index (χ2v) is 6.04. The summed E-state index contributed by atoms with van der Waals surface area (Å²) in [4.78, 5) is 7.25. The number of hydrogen-bond acceptors (Lipinski definition) is 4. The third-order valence-corrected chi connectivity index (χ3v) is 5.02. The fraction of sp³-hybridized carbons (Fsp3) is 0.312. The molecule has 0 amide bonds. The van der Waals surface area contributed by atoms with Gasteiger partial charge in [-0.3, -0.25) is 4.90 Å². The Bertz CT molecular complexity index is 580. The highest BCUT2D eigenvalue weighted by Gasteiger charge is 2.33. The number of aromatic nitrogens is 1. The van der Waals surface area contributed by atoms with Crippen LogP contribution in [0.25, 0.3) is 4.91 Å². The van der Waals surface area contributed by atoms with E-state index >= 15 is 0 Å². The lowest BCUT2D eigenvalue weighted by Crippen LogP contribution is -2.30. The van der Waals surface area contributed by atoms with Crippen molar-refractivity contribution in [1.29, 1.82) is 0 Å². The van der Waals surface area contributed by atoms with E-state index < -0.39 is 0 Å². The van der Waals surface area contributed by atoms with Gasteiger partial charge in [-0.2, -0.15) is 0 Å². The Labute approximate surface area is 123 Å². The Hall–Kier alpha value is -1.68. The normalized spacial score (nSPS) is 20.0. The average molecular weight is 285 g/mol. The quantitative estimate of drug-likeness (QED) is 0.832. The first-order valence-corrected chi connectivity index (χ1v) is 7.71. The minimum absolute atomic E-state index is 0.308. The van der Waals surface area contributed by atoms with Crippen LogP contribution in [-0.2, 0) is 0 Å². The van der Waals surface area contributed by atoms with Crippen molar-refractivity contribution in [2.75, 3.05) is 4.90 Å². The highest BCUT2D eigenvalue weighted by Crippen LogP contribution is 2.44. The van der Waals surface area contributed by atoms with Crippen molar-refractivity contribution in [2.45, 2.75) is 25.6 Å². The zero-order valence-corrected chi connectivity index (χ0v) is 12.4. The van der Waals surface area contributed by atoms with Crippen LogP contribution in [0.3, 0.4) is 0 Å². The molecule has 1 aliphatic rings. The molecular weight excluding hydrogens is 268 g/mol. The Balaban J connectivity index is 1.93. The van der Waals surface area contributed by atoms with Crippen LogP contribution < -0.4 is 4.90 Å². The molecule has 20 heavy (non-hydrogen) atoms. The highest BCUT2D eigenvalue weighted by molar-refractivity contribution is 8.09. The Morgan fingerprint density at radius 1 is 1.40 bits per heavy atom. The molecule has 0 saturated carbocycles. The van der Waals surface area contributed by atoms with E-state index in [2.05, 4.69) is 54.2 Å². The van der Waals surface area contributed by atoms with E-state index in [1.807, 2.05) is 17.8 Å². The third-order valence-electron chi connectivity index (χ3n) is 3.54. The largest absolute Gasteiger partial charge is 0.428 e. The van der Waals surface area contributed by atoms with Crippen molar-refractivity contribution in [3.8, 4) is 0 Å². The van der Waals surface area contributed by atoms with Gasteiger partial charge < -0.3 is 4.42 Å². The van der Waals surface area contributed by atoms with Crippen LogP contribution in [0.2, 0.25) is 0 Å². The minimum Gasteiger partial charge on any atom is -0.428 e. The molecule has 3 nitrogen and oxygen atoms in total. The molecule has 2 atom stereocenters. The molecule has 0 N–H and O–H groups in total. The van der Waals surface area contributed by atoms with Crippen LogP contribution in [0.15, 0.2) is 47.3 Å². The van der Waals surface area contributed by atoms with Gasteiger partial charge >= 0.3 is 0 Å². The smallest absolute Gasteiger partial charge is 0.221 e. The van der Waals surface area contributed by atoms with E-state index in [4.69, 9.17) is 4.42 Å². The summed E-state index contributed by atoms with van der Waals surface area (Å²) in [6.07, 6.45) is 7.79. The van der Waals surface area contributed by atoms with Crippen molar-refractivity contribution in [3.05, 3.63) is 54.7 Å². The van der Waals surface area contributed by atoms with Crippen LogP contribution in [0, 0.1) is 12.1 Å². The fourth-order valence-electron chi connectivity index (χ4n) is 2.18. The maximum absolute atomic E-state index is 5.45. The molecule has 0 bridgehead atoms. The van der Waals surface area contributed by atoms with Gasteiger partial charge in [-0.05, 0) is 11.5 Å². The topological polar surface area (TPSA) is 29.3 Å². The van der Waals surface area contributed by atoms with Gasteiger partial charge in [0.25, 0.3) is 0 Å². The summed E-state index contributed by atoms with van der Waals surface area (Å²) in [6.45, 7) is 4.47. The van der Waals surface area contributed by atoms with E-state index in [9.17, 15) is 0 Å². The molecule has 0 fully saturated rings. The first kappa shape index (κ1) is 13.3.